The highest BCUT2D eigenvalue weighted by atomic mass is 35.5. The lowest BCUT2D eigenvalue weighted by atomic mass is 10.1. The molecule has 4 nitrogen and oxygen atoms in total. The zero-order valence-electron chi connectivity index (χ0n) is 12.4. The molecule has 0 fully saturated rings. The number of carbonyl (C=O) groups is 2. The number of aryl methyl sites for hydroxylation is 2. The molecular formula is C17H17ClN2O2. The van der Waals surface area contributed by atoms with Gasteiger partial charge in [-0.2, -0.15) is 0 Å². The van der Waals surface area contributed by atoms with E-state index >= 15 is 0 Å². The third-order valence-corrected chi connectivity index (χ3v) is 3.42. The number of hydrogen-bond donors (Lipinski definition) is 2. The molecule has 2 aromatic carbocycles. The van der Waals surface area contributed by atoms with Crippen LogP contribution in [0.1, 0.15) is 16.7 Å². The first-order chi connectivity index (χ1) is 10.5. The van der Waals surface area contributed by atoms with Gasteiger partial charge in [-0.3, -0.25) is 9.59 Å². The maximum Gasteiger partial charge on any atom is 0.313 e. The Hall–Kier alpha value is -2.33. The molecule has 0 saturated heterocycles. The Balaban J connectivity index is 1.95. The highest BCUT2D eigenvalue weighted by molar-refractivity contribution is 6.40. The molecular weight excluding hydrogens is 300 g/mol. The maximum atomic E-state index is 11.9. The van der Waals surface area contributed by atoms with Gasteiger partial charge in [0.05, 0.1) is 0 Å². The summed E-state index contributed by atoms with van der Waals surface area (Å²) in [6, 6.07) is 12.9. The van der Waals surface area contributed by atoms with Crippen molar-refractivity contribution < 1.29 is 9.59 Å². The second-order valence-electron chi connectivity index (χ2n) is 5.09. The Morgan fingerprint density at radius 3 is 2.55 bits per heavy atom. The summed E-state index contributed by atoms with van der Waals surface area (Å²) < 4.78 is 0. The first-order valence-corrected chi connectivity index (χ1v) is 7.24. The van der Waals surface area contributed by atoms with E-state index in [0.717, 1.165) is 16.7 Å². The van der Waals surface area contributed by atoms with Gasteiger partial charge in [0.2, 0.25) is 0 Å². The highest BCUT2D eigenvalue weighted by Gasteiger charge is 2.14. The first kappa shape index (κ1) is 16.0. The standard InChI is InChI=1S/C17H17ClN2O2/c1-11-4-3-5-13(8-11)10-19-16(21)17(22)20-15-9-14(18)7-6-12(15)2/h3-9H,10H2,1-2H3,(H,19,21)(H,20,22). The van der Waals surface area contributed by atoms with Crippen LogP contribution in [-0.2, 0) is 16.1 Å². The Morgan fingerprint density at radius 2 is 1.82 bits per heavy atom. The molecule has 0 aromatic heterocycles. The summed E-state index contributed by atoms with van der Waals surface area (Å²) in [7, 11) is 0. The van der Waals surface area contributed by atoms with Gasteiger partial charge in [-0.1, -0.05) is 47.5 Å². The van der Waals surface area contributed by atoms with E-state index in [1.54, 1.807) is 18.2 Å². The molecule has 0 atom stereocenters. The smallest absolute Gasteiger partial charge is 0.313 e. The number of amides is 2. The molecule has 2 N–H and O–H groups in total. The second kappa shape index (κ2) is 7.09. The number of nitrogens with one attached hydrogen (secondary N) is 2. The molecule has 22 heavy (non-hydrogen) atoms. The summed E-state index contributed by atoms with van der Waals surface area (Å²) >= 11 is 5.88. The molecule has 2 rings (SSSR count). The molecule has 0 spiro atoms. The topological polar surface area (TPSA) is 58.2 Å². The van der Waals surface area contributed by atoms with E-state index in [-0.39, 0.29) is 0 Å². The SMILES string of the molecule is Cc1cccc(CNC(=O)C(=O)Nc2cc(Cl)ccc2C)c1. The van der Waals surface area contributed by atoms with Crippen LogP contribution in [0.4, 0.5) is 5.69 Å². The summed E-state index contributed by atoms with van der Waals surface area (Å²) in [5.41, 5.74) is 3.42. The van der Waals surface area contributed by atoms with Crippen LogP contribution in [0.25, 0.3) is 0 Å². The predicted octanol–water partition coefficient (Wildman–Crippen LogP) is 3.21. The van der Waals surface area contributed by atoms with Crippen LogP contribution in [0.2, 0.25) is 5.02 Å². The van der Waals surface area contributed by atoms with E-state index < -0.39 is 11.8 Å². The number of halogens is 1. The van der Waals surface area contributed by atoms with Gasteiger partial charge in [0, 0.05) is 17.3 Å². The van der Waals surface area contributed by atoms with Gasteiger partial charge < -0.3 is 10.6 Å². The van der Waals surface area contributed by atoms with Crippen molar-refractivity contribution in [2.75, 3.05) is 5.32 Å². The molecule has 0 aliphatic carbocycles. The molecule has 0 saturated carbocycles. The Labute approximate surface area is 134 Å². The van der Waals surface area contributed by atoms with Gasteiger partial charge in [0.15, 0.2) is 0 Å². The minimum atomic E-state index is -0.710. The van der Waals surface area contributed by atoms with Gasteiger partial charge in [-0.05, 0) is 37.1 Å². The molecule has 0 bridgehead atoms. The highest BCUT2D eigenvalue weighted by Crippen LogP contribution is 2.19. The monoisotopic (exact) mass is 316 g/mol. The summed E-state index contributed by atoms with van der Waals surface area (Å²) in [5.74, 6) is -1.39. The lowest BCUT2D eigenvalue weighted by Crippen LogP contribution is -2.35. The van der Waals surface area contributed by atoms with E-state index in [9.17, 15) is 9.59 Å². The number of rotatable bonds is 3. The van der Waals surface area contributed by atoms with E-state index in [1.807, 2.05) is 38.1 Å². The molecule has 5 heteroatoms. The number of hydrogen-bond acceptors (Lipinski definition) is 2. The average Bonchev–Trinajstić information content (AvgIpc) is 2.48. The summed E-state index contributed by atoms with van der Waals surface area (Å²) in [6.45, 7) is 4.11. The van der Waals surface area contributed by atoms with Crippen molar-refractivity contribution in [1.29, 1.82) is 0 Å². The van der Waals surface area contributed by atoms with E-state index in [1.165, 1.54) is 0 Å². The van der Waals surface area contributed by atoms with Crippen molar-refractivity contribution in [2.24, 2.45) is 0 Å². The largest absolute Gasteiger partial charge is 0.344 e. The molecule has 0 aliphatic rings. The second-order valence-corrected chi connectivity index (χ2v) is 5.52. The van der Waals surface area contributed by atoms with E-state index in [2.05, 4.69) is 10.6 Å². The van der Waals surface area contributed by atoms with Crippen LogP contribution in [0.15, 0.2) is 42.5 Å². The van der Waals surface area contributed by atoms with Crippen LogP contribution in [0.5, 0.6) is 0 Å². The normalized spacial score (nSPS) is 10.1. The van der Waals surface area contributed by atoms with Crippen LogP contribution in [0, 0.1) is 13.8 Å². The summed E-state index contributed by atoms with van der Waals surface area (Å²) in [4.78, 5) is 23.7. The Bertz CT molecular complexity index is 714. The van der Waals surface area contributed by atoms with Crippen LogP contribution in [0.3, 0.4) is 0 Å². The summed E-state index contributed by atoms with van der Waals surface area (Å²) in [6.07, 6.45) is 0. The van der Waals surface area contributed by atoms with Gasteiger partial charge in [0.25, 0.3) is 0 Å². The van der Waals surface area contributed by atoms with Crippen molar-refractivity contribution in [2.45, 2.75) is 20.4 Å². The first-order valence-electron chi connectivity index (χ1n) is 6.86. The minimum Gasteiger partial charge on any atom is -0.344 e. The molecule has 2 amide bonds. The van der Waals surface area contributed by atoms with Crippen molar-refractivity contribution in [3.63, 3.8) is 0 Å². The fourth-order valence-electron chi connectivity index (χ4n) is 1.99. The third kappa shape index (κ3) is 4.33. The number of anilines is 1. The van der Waals surface area contributed by atoms with Crippen molar-refractivity contribution in [3.05, 3.63) is 64.2 Å². The zero-order chi connectivity index (χ0) is 16.1. The molecule has 0 unspecified atom stereocenters. The molecule has 2 aromatic rings. The molecule has 0 aliphatic heterocycles. The van der Waals surface area contributed by atoms with Gasteiger partial charge in [-0.25, -0.2) is 0 Å². The minimum absolute atomic E-state index is 0.308. The number of carbonyl (C=O) groups excluding carboxylic acids is 2. The van der Waals surface area contributed by atoms with Crippen molar-refractivity contribution in [1.82, 2.24) is 5.32 Å². The Kier molecular flexibility index (Phi) is 5.17. The molecule has 114 valence electrons. The van der Waals surface area contributed by atoms with Gasteiger partial charge >= 0.3 is 11.8 Å². The van der Waals surface area contributed by atoms with Gasteiger partial charge in [-0.15, -0.1) is 0 Å². The number of benzene rings is 2. The predicted molar refractivity (Wildman–Crippen MR) is 87.8 cm³/mol. The third-order valence-electron chi connectivity index (χ3n) is 3.19. The molecule has 0 radical (unpaired) electrons. The summed E-state index contributed by atoms with van der Waals surface area (Å²) in [5, 5.41) is 5.66. The van der Waals surface area contributed by atoms with Crippen molar-refractivity contribution in [3.8, 4) is 0 Å². The average molecular weight is 317 g/mol. The fourth-order valence-corrected chi connectivity index (χ4v) is 2.16. The van der Waals surface area contributed by atoms with E-state index in [0.29, 0.717) is 17.3 Å². The van der Waals surface area contributed by atoms with Crippen LogP contribution < -0.4 is 10.6 Å². The van der Waals surface area contributed by atoms with Crippen LogP contribution in [-0.4, -0.2) is 11.8 Å². The quantitative estimate of drug-likeness (QED) is 0.854. The van der Waals surface area contributed by atoms with Gasteiger partial charge in [0.1, 0.15) is 0 Å². The Morgan fingerprint density at radius 1 is 1.05 bits per heavy atom. The van der Waals surface area contributed by atoms with Crippen molar-refractivity contribution >= 4 is 29.1 Å². The van der Waals surface area contributed by atoms with Crippen LogP contribution >= 0.6 is 11.6 Å². The maximum absolute atomic E-state index is 11.9. The lowest BCUT2D eigenvalue weighted by molar-refractivity contribution is -0.136. The zero-order valence-corrected chi connectivity index (χ0v) is 13.2. The van der Waals surface area contributed by atoms with E-state index in [4.69, 9.17) is 11.6 Å². The fraction of sp³-hybridized carbons (Fsp3) is 0.176. The lowest BCUT2D eigenvalue weighted by Gasteiger charge is -2.09. The molecule has 0 heterocycles.